The summed E-state index contributed by atoms with van der Waals surface area (Å²) in [5, 5.41) is 0. The number of benzene rings is 2. The molecule has 6 rings (SSSR count). The van der Waals surface area contributed by atoms with E-state index in [1.54, 1.807) is 0 Å². The molecule has 0 spiro atoms. The Labute approximate surface area is 135 Å². The van der Waals surface area contributed by atoms with Crippen molar-refractivity contribution in [2.24, 2.45) is 0 Å². The van der Waals surface area contributed by atoms with Gasteiger partial charge in [0.15, 0.2) is 0 Å². The molecule has 4 bridgehead atoms. The van der Waals surface area contributed by atoms with Crippen LogP contribution in [0.15, 0.2) is 36.4 Å². The zero-order valence-corrected chi connectivity index (χ0v) is 12.6. The minimum atomic E-state index is -4.67. The van der Waals surface area contributed by atoms with Crippen LogP contribution in [0.5, 0.6) is 0 Å². The zero-order chi connectivity index (χ0) is 17.5. The summed E-state index contributed by atoms with van der Waals surface area (Å²) in [6.07, 6.45) is -8.98. The molecule has 0 amide bonds. The van der Waals surface area contributed by atoms with E-state index in [0.29, 0.717) is 12.1 Å². The van der Waals surface area contributed by atoms with Gasteiger partial charge in [0, 0.05) is 0 Å². The molecule has 0 aromatic heterocycles. The molecule has 0 N–H and O–H groups in total. The maximum absolute atomic E-state index is 13.3. The van der Waals surface area contributed by atoms with Gasteiger partial charge in [-0.2, -0.15) is 26.3 Å². The van der Waals surface area contributed by atoms with Crippen molar-refractivity contribution < 1.29 is 26.3 Å². The highest BCUT2D eigenvalue weighted by atomic mass is 19.4. The van der Waals surface area contributed by atoms with Crippen LogP contribution in [0, 0.1) is 0 Å². The lowest BCUT2D eigenvalue weighted by atomic mass is 9.89. The molecule has 0 nitrogen and oxygen atoms in total. The van der Waals surface area contributed by atoms with Gasteiger partial charge in [0.1, 0.15) is 0 Å². The van der Waals surface area contributed by atoms with Crippen LogP contribution in [-0.2, 0) is 38.0 Å². The molecule has 0 heterocycles. The predicted molar refractivity (Wildman–Crippen MR) is 77.7 cm³/mol. The largest absolute Gasteiger partial charge is 0.416 e. The minimum absolute atomic E-state index is 0.0858. The molecule has 6 heteroatoms. The van der Waals surface area contributed by atoms with E-state index in [1.165, 1.54) is 0 Å². The first-order chi connectivity index (χ1) is 11.1. The van der Waals surface area contributed by atoms with Crippen molar-refractivity contribution >= 4 is 0 Å². The second-order valence-corrected chi connectivity index (χ2v) is 5.98. The Morgan fingerprint density at radius 2 is 0.875 bits per heavy atom. The Morgan fingerprint density at radius 3 is 1.17 bits per heavy atom. The Hall–Kier alpha value is -1.98. The fraction of sp³-hybridized carbons (Fsp3) is 0.333. The van der Waals surface area contributed by atoms with Crippen molar-refractivity contribution in [3.05, 3.63) is 69.8 Å². The van der Waals surface area contributed by atoms with Gasteiger partial charge >= 0.3 is 12.4 Å². The summed E-state index contributed by atoms with van der Waals surface area (Å²) in [5.41, 5.74) is -0.900. The summed E-state index contributed by atoms with van der Waals surface area (Å²) in [5.74, 6) is 0. The van der Waals surface area contributed by atoms with Gasteiger partial charge < -0.3 is 0 Å². The van der Waals surface area contributed by atoms with Crippen LogP contribution in [0.25, 0.3) is 0 Å². The number of aryl methyl sites for hydroxylation is 4. The van der Waals surface area contributed by atoms with E-state index < -0.39 is 23.5 Å². The third-order valence-electron chi connectivity index (χ3n) is 4.33. The summed E-state index contributed by atoms with van der Waals surface area (Å²) in [4.78, 5) is 0. The Balaban J connectivity index is 2.18. The lowest BCUT2D eigenvalue weighted by Crippen LogP contribution is -2.17. The predicted octanol–water partition coefficient (Wildman–Crippen LogP) is 5.61. The third-order valence-corrected chi connectivity index (χ3v) is 4.33. The topological polar surface area (TPSA) is 0 Å². The van der Waals surface area contributed by atoms with Gasteiger partial charge in [0.25, 0.3) is 0 Å². The summed E-state index contributed by atoms with van der Waals surface area (Å²) in [7, 11) is 0. The summed E-state index contributed by atoms with van der Waals surface area (Å²) >= 11 is 0. The van der Waals surface area contributed by atoms with E-state index >= 15 is 0 Å². The average Bonchev–Trinajstić information content (AvgIpc) is 2.47. The van der Waals surface area contributed by atoms with Crippen LogP contribution in [-0.4, -0.2) is 0 Å². The molecule has 4 aliphatic rings. The maximum atomic E-state index is 13.3. The van der Waals surface area contributed by atoms with E-state index in [0.717, 1.165) is 11.1 Å². The average molecular weight is 344 g/mol. The van der Waals surface area contributed by atoms with Crippen molar-refractivity contribution in [3.63, 3.8) is 0 Å². The first-order valence-electron chi connectivity index (χ1n) is 7.52. The monoisotopic (exact) mass is 344 g/mol. The van der Waals surface area contributed by atoms with Gasteiger partial charge in [-0.05, 0) is 60.1 Å². The van der Waals surface area contributed by atoms with Crippen LogP contribution in [0.1, 0.15) is 33.4 Å². The van der Waals surface area contributed by atoms with Gasteiger partial charge in [-0.1, -0.05) is 24.3 Å². The lowest BCUT2D eigenvalue weighted by Gasteiger charge is -2.21. The Kier molecular flexibility index (Phi) is 4.10. The molecule has 0 atom stereocenters. The second kappa shape index (κ2) is 5.83. The number of rotatable bonds is 0. The quantitative estimate of drug-likeness (QED) is 0.545. The van der Waals surface area contributed by atoms with Crippen LogP contribution >= 0.6 is 0 Å². The normalized spacial score (nSPS) is 15.2. The second-order valence-electron chi connectivity index (χ2n) is 5.98. The number of halogens is 6. The molecule has 0 unspecified atom stereocenters. The molecular weight excluding hydrogens is 330 g/mol. The Bertz CT molecular complexity index is 673. The SMILES string of the molecule is FC(F)(F)c1cc2c(C(F)(F)F)cc1CCc1ccc(cc1)CC2. The van der Waals surface area contributed by atoms with Crippen LogP contribution < -0.4 is 0 Å². The highest BCUT2D eigenvalue weighted by molar-refractivity contribution is 5.43. The van der Waals surface area contributed by atoms with Gasteiger partial charge in [-0.25, -0.2) is 0 Å². The Morgan fingerprint density at radius 1 is 0.542 bits per heavy atom. The van der Waals surface area contributed by atoms with Gasteiger partial charge in [-0.3, -0.25) is 0 Å². The maximum Gasteiger partial charge on any atom is 0.416 e. The molecular formula is C18H14F6. The molecule has 2 aromatic rings. The number of hydrogen-bond acceptors (Lipinski definition) is 0. The molecule has 0 radical (unpaired) electrons. The zero-order valence-electron chi connectivity index (χ0n) is 12.6. The minimum Gasteiger partial charge on any atom is -0.166 e. The van der Waals surface area contributed by atoms with Crippen molar-refractivity contribution in [1.29, 1.82) is 0 Å². The summed E-state index contributed by atoms with van der Waals surface area (Å²) in [6, 6.07) is 8.66. The van der Waals surface area contributed by atoms with E-state index in [4.69, 9.17) is 0 Å². The van der Waals surface area contributed by atoms with Crippen molar-refractivity contribution in [2.75, 3.05) is 0 Å². The molecule has 0 saturated heterocycles. The highest BCUT2D eigenvalue weighted by Gasteiger charge is 2.39. The highest BCUT2D eigenvalue weighted by Crippen LogP contribution is 2.40. The van der Waals surface area contributed by atoms with E-state index in [2.05, 4.69) is 0 Å². The lowest BCUT2D eigenvalue weighted by molar-refractivity contribution is -0.142. The van der Waals surface area contributed by atoms with Crippen LogP contribution in [0.2, 0.25) is 0 Å². The molecule has 2 aromatic carbocycles. The van der Waals surface area contributed by atoms with E-state index in [-0.39, 0.29) is 36.8 Å². The van der Waals surface area contributed by atoms with Gasteiger partial charge in [0.2, 0.25) is 0 Å². The molecule has 24 heavy (non-hydrogen) atoms. The van der Waals surface area contributed by atoms with Gasteiger partial charge in [-0.15, -0.1) is 0 Å². The van der Waals surface area contributed by atoms with Crippen molar-refractivity contribution in [1.82, 2.24) is 0 Å². The molecule has 0 fully saturated rings. The van der Waals surface area contributed by atoms with Gasteiger partial charge in [0.05, 0.1) is 11.1 Å². The van der Waals surface area contributed by atoms with E-state index in [1.807, 2.05) is 24.3 Å². The fourth-order valence-electron chi connectivity index (χ4n) is 3.06. The first kappa shape index (κ1) is 16.9. The standard InChI is InChI=1S/C18H14F6/c19-17(20,21)15-10-14-8-6-12-2-1-11(3-4-12)5-7-13(15)9-16(14)18(22,23)24/h1-4,9-10H,5-8H2. The van der Waals surface area contributed by atoms with Crippen molar-refractivity contribution in [2.45, 2.75) is 38.0 Å². The van der Waals surface area contributed by atoms with Crippen LogP contribution in [0.3, 0.4) is 0 Å². The van der Waals surface area contributed by atoms with E-state index in [9.17, 15) is 26.3 Å². The summed E-state index contributed by atoms with van der Waals surface area (Å²) < 4.78 is 79.7. The third kappa shape index (κ3) is 3.42. The molecule has 0 aliphatic heterocycles. The molecule has 0 saturated carbocycles. The molecule has 128 valence electrons. The summed E-state index contributed by atoms with van der Waals surface area (Å²) in [6.45, 7) is 0. The fourth-order valence-corrected chi connectivity index (χ4v) is 3.06. The number of hydrogen-bond donors (Lipinski definition) is 0. The van der Waals surface area contributed by atoms with Crippen LogP contribution in [0.4, 0.5) is 26.3 Å². The number of alkyl halides is 6. The molecule has 4 aliphatic carbocycles. The van der Waals surface area contributed by atoms with Crippen molar-refractivity contribution in [3.8, 4) is 0 Å². The first-order valence-corrected chi connectivity index (χ1v) is 7.52. The smallest absolute Gasteiger partial charge is 0.166 e.